The fourth-order valence-electron chi connectivity index (χ4n) is 2.23. The topological polar surface area (TPSA) is 113 Å². The molecular weight excluding hydrogens is 372 g/mol. The number of hydrogen-bond donors (Lipinski definition) is 2. The number of methoxy groups -OCH3 is 1. The summed E-state index contributed by atoms with van der Waals surface area (Å²) in [6, 6.07) is 2.82. The number of ether oxygens (including phenoxy) is 1. The normalized spacial score (nSPS) is 12.7. The van der Waals surface area contributed by atoms with E-state index in [1.165, 1.54) is 25.3 Å². The summed E-state index contributed by atoms with van der Waals surface area (Å²) in [6.45, 7) is 3.75. The SMILES string of the molecule is CCN(CC)S(=O)(=O)CC(=O)NC(C(=O)O)c1ccc(OC)c(Cl)c1. The first-order chi connectivity index (χ1) is 11.7. The first-order valence-electron chi connectivity index (χ1n) is 7.49. The predicted molar refractivity (Wildman–Crippen MR) is 93.2 cm³/mol. The van der Waals surface area contributed by atoms with E-state index in [1.54, 1.807) is 13.8 Å². The number of carbonyl (C=O) groups excluding carboxylic acids is 1. The van der Waals surface area contributed by atoms with Crippen molar-refractivity contribution in [1.29, 1.82) is 0 Å². The Morgan fingerprint density at radius 1 is 1.32 bits per heavy atom. The third-order valence-corrected chi connectivity index (χ3v) is 5.70. The zero-order valence-electron chi connectivity index (χ0n) is 14.2. The number of carbonyl (C=O) groups is 2. The molecule has 1 rings (SSSR count). The van der Waals surface area contributed by atoms with E-state index in [0.717, 1.165) is 4.31 Å². The van der Waals surface area contributed by atoms with Crippen LogP contribution in [-0.2, 0) is 19.6 Å². The molecule has 0 saturated heterocycles. The molecule has 1 atom stereocenters. The number of benzene rings is 1. The third-order valence-electron chi connectivity index (χ3n) is 3.47. The lowest BCUT2D eigenvalue weighted by Gasteiger charge is -2.20. The van der Waals surface area contributed by atoms with E-state index in [-0.39, 0.29) is 23.7 Å². The number of nitrogens with zero attached hydrogens (tertiary/aromatic N) is 1. The molecule has 0 aliphatic rings. The minimum absolute atomic E-state index is 0.177. The van der Waals surface area contributed by atoms with Gasteiger partial charge in [0.05, 0.1) is 12.1 Å². The monoisotopic (exact) mass is 392 g/mol. The number of nitrogens with one attached hydrogen (secondary N) is 1. The third kappa shape index (κ3) is 5.58. The zero-order valence-corrected chi connectivity index (χ0v) is 15.7. The van der Waals surface area contributed by atoms with Crippen LogP contribution in [0.5, 0.6) is 5.75 Å². The van der Waals surface area contributed by atoms with E-state index in [2.05, 4.69) is 5.32 Å². The van der Waals surface area contributed by atoms with Gasteiger partial charge in [0.1, 0.15) is 11.5 Å². The van der Waals surface area contributed by atoms with Crippen molar-refractivity contribution in [1.82, 2.24) is 9.62 Å². The Morgan fingerprint density at radius 3 is 2.36 bits per heavy atom. The Kier molecular flexibility index (Phi) is 7.65. The molecule has 0 saturated carbocycles. The number of carboxylic acids is 1. The van der Waals surface area contributed by atoms with Gasteiger partial charge in [-0.15, -0.1) is 0 Å². The Balaban J connectivity index is 2.97. The van der Waals surface area contributed by atoms with Crippen LogP contribution >= 0.6 is 11.6 Å². The molecule has 8 nitrogen and oxygen atoms in total. The van der Waals surface area contributed by atoms with Crippen molar-refractivity contribution in [3.05, 3.63) is 28.8 Å². The molecule has 25 heavy (non-hydrogen) atoms. The molecule has 1 aromatic carbocycles. The van der Waals surface area contributed by atoms with Gasteiger partial charge in [0.25, 0.3) is 0 Å². The number of rotatable bonds is 9. The molecule has 1 unspecified atom stereocenters. The summed E-state index contributed by atoms with van der Waals surface area (Å²) < 4.78 is 30.3. The van der Waals surface area contributed by atoms with Crippen LogP contribution in [0.4, 0.5) is 0 Å². The van der Waals surface area contributed by atoms with Crippen LogP contribution in [0.15, 0.2) is 18.2 Å². The second-order valence-electron chi connectivity index (χ2n) is 5.07. The molecule has 1 aromatic rings. The molecule has 2 N–H and O–H groups in total. The van der Waals surface area contributed by atoms with Gasteiger partial charge in [0.15, 0.2) is 6.04 Å². The lowest BCUT2D eigenvalue weighted by molar-refractivity contribution is -0.141. The second kappa shape index (κ2) is 9.02. The number of halogens is 1. The number of amides is 1. The summed E-state index contributed by atoms with van der Waals surface area (Å²) in [5.41, 5.74) is 0.201. The van der Waals surface area contributed by atoms with E-state index in [9.17, 15) is 23.1 Å². The van der Waals surface area contributed by atoms with Crippen LogP contribution in [-0.4, -0.2) is 55.7 Å². The Hall–Kier alpha value is -1.84. The molecule has 0 fully saturated rings. The predicted octanol–water partition coefficient (Wildman–Crippen LogP) is 1.26. The number of aliphatic carboxylic acids is 1. The summed E-state index contributed by atoms with van der Waals surface area (Å²) in [7, 11) is -2.40. The highest BCUT2D eigenvalue weighted by molar-refractivity contribution is 7.89. The highest BCUT2D eigenvalue weighted by Gasteiger charge is 2.27. The average molecular weight is 393 g/mol. The summed E-state index contributed by atoms with van der Waals surface area (Å²) >= 11 is 5.97. The second-order valence-corrected chi connectivity index (χ2v) is 7.45. The van der Waals surface area contributed by atoms with Crippen LogP contribution < -0.4 is 10.1 Å². The van der Waals surface area contributed by atoms with Crippen LogP contribution in [0.2, 0.25) is 5.02 Å². The van der Waals surface area contributed by atoms with E-state index < -0.39 is 33.7 Å². The van der Waals surface area contributed by atoms with Crippen molar-refractivity contribution in [3.63, 3.8) is 0 Å². The van der Waals surface area contributed by atoms with Gasteiger partial charge in [-0.3, -0.25) is 4.79 Å². The van der Waals surface area contributed by atoms with E-state index in [1.807, 2.05) is 0 Å². The van der Waals surface area contributed by atoms with E-state index in [0.29, 0.717) is 5.75 Å². The minimum Gasteiger partial charge on any atom is -0.495 e. The van der Waals surface area contributed by atoms with Crippen molar-refractivity contribution >= 4 is 33.5 Å². The van der Waals surface area contributed by atoms with Crippen LogP contribution in [0.3, 0.4) is 0 Å². The molecule has 0 aliphatic carbocycles. The van der Waals surface area contributed by atoms with E-state index >= 15 is 0 Å². The molecule has 0 radical (unpaired) electrons. The Morgan fingerprint density at radius 2 is 1.92 bits per heavy atom. The molecule has 0 aromatic heterocycles. The summed E-state index contributed by atoms with van der Waals surface area (Å²) in [5.74, 6) is -2.73. The smallest absolute Gasteiger partial charge is 0.330 e. The largest absolute Gasteiger partial charge is 0.495 e. The van der Waals surface area contributed by atoms with Gasteiger partial charge in [-0.1, -0.05) is 31.5 Å². The van der Waals surface area contributed by atoms with Gasteiger partial charge in [0, 0.05) is 13.1 Å². The zero-order chi connectivity index (χ0) is 19.2. The fourth-order valence-corrected chi connectivity index (χ4v) is 3.88. The molecule has 0 bridgehead atoms. The lowest BCUT2D eigenvalue weighted by atomic mass is 10.1. The maximum atomic E-state index is 12.1. The highest BCUT2D eigenvalue weighted by Crippen LogP contribution is 2.27. The number of sulfonamides is 1. The van der Waals surface area contributed by atoms with Crippen LogP contribution in [0, 0.1) is 0 Å². The van der Waals surface area contributed by atoms with Crippen molar-refractivity contribution in [2.24, 2.45) is 0 Å². The number of carboxylic acid groups (broad SMARTS) is 1. The Bertz CT molecular complexity index is 734. The van der Waals surface area contributed by atoms with Gasteiger partial charge in [0.2, 0.25) is 15.9 Å². The van der Waals surface area contributed by atoms with Crippen molar-refractivity contribution < 1.29 is 27.9 Å². The molecule has 140 valence electrons. The quantitative estimate of drug-likeness (QED) is 0.654. The summed E-state index contributed by atoms with van der Waals surface area (Å²) in [6.07, 6.45) is 0. The first kappa shape index (κ1) is 21.2. The van der Waals surface area contributed by atoms with Gasteiger partial charge in [-0.05, 0) is 17.7 Å². The molecule has 0 aliphatic heterocycles. The minimum atomic E-state index is -3.81. The molecule has 0 spiro atoms. The molecule has 10 heteroatoms. The molecule has 0 heterocycles. The van der Waals surface area contributed by atoms with Gasteiger partial charge >= 0.3 is 5.97 Å². The van der Waals surface area contributed by atoms with Crippen LogP contribution in [0.1, 0.15) is 25.5 Å². The number of hydrogen-bond acceptors (Lipinski definition) is 5. The van der Waals surface area contributed by atoms with Crippen molar-refractivity contribution in [3.8, 4) is 5.75 Å². The Labute approximate surface area is 151 Å². The fraction of sp³-hybridized carbons (Fsp3) is 0.467. The average Bonchev–Trinajstić information content (AvgIpc) is 2.52. The maximum Gasteiger partial charge on any atom is 0.330 e. The van der Waals surface area contributed by atoms with Crippen molar-refractivity contribution in [2.45, 2.75) is 19.9 Å². The van der Waals surface area contributed by atoms with Gasteiger partial charge in [-0.25, -0.2) is 17.5 Å². The molecule has 1 amide bonds. The highest BCUT2D eigenvalue weighted by atomic mass is 35.5. The maximum absolute atomic E-state index is 12.1. The first-order valence-corrected chi connectivity index (χ1v) is 9.48. The van der Waals surface area contributed by atoms with E-state index in [4.69, 9.17) is 16.3 Å². The van der Waals surface area contributed by atoms with Crippen molar-refractivity contribution in [2.75, 3.05) is 26.0 Å². The molecular formula is C15H21ClN2O6S. The van der Waals surface area contributed by atoms with Gasteiger partial charge < -0.3 is 15.2 Å². The summed E-state index contributed by atoms with van der Waals surface area (Å²) in [5, 5.41) is 11.7. The standard InChI is InChI=1S/C15H21ClN2O6S/c1-4-18(5-2)25(22,23)9-13(19)17-14(15(20)21)10-6-7-12(24-3)11(16)8-10/h6-8,14H,4-5,9H2,1-3H3,(H,17,19)(H,20,21). The summed E-state index contributed by atoms with van der Waals surface area (Å²) in [4.78, 5) is 23.5. The van der Waals surface area contributed by atoms with Gasteiger partial charge in [-0.2, -0.15) is 0 Å². The lowest BCUT2D eigenvalue weighted by Crippen LogP contribution is -2.42. The van der Waals surface area contributed by atoms with Crippen LogP contribution in [0.25, 0.3) is 0 Å².